The molecule has 1 saturated heterocycles. The summed E-state index contributed by atoms with van der Waals surface area (Å²) in [5, 5.41) is 24.6. The second kappa shape index (κ2) is 10.5. The predicted octanol–water partition coefficient (Wildman–Crippen LogP) is 4.37. The van der Waals surface area contributed by atoms with E-state index in [0.717, 1.165) is 55.6 Å². The Morgan fingerprint density at radius 3 is 2.71 bits per heavy atom. The molecule has 0 saturated carbocycles. The number of piperidine rings is 1. The fourth-order valence-corrected chi connectivity index (χ4v) is 4.78. The number of benzene rings is 2. The van der Waals surface area contributed by atoms with E-state index >= 15 is 0 Å². The first-order valence-corrected chi connectivity index (χ1v) is 11.8. The molecule has 7 nitrogen and oxygen atoms in total. The van der Waals surface area contributed by atoms with Crippen molar-refractivity contribution in [1.29, 1.82) is 10.7 Å². The Balaban J connectivity index is 1.81. The van der Waals surface area contributed by atoms with Crippen LogP contribution in [0, 0.1) is 16.7 Å². The summed E-state index contributed by atoms with van der Waals surface area (Å²) < 4.78 is 6.43. The van der Waals surface area contributed by atoms with Crippen LogP contribution in [-0.4, -0.2) is 37.3 Å². The molecule has 0 spiro atoms. The van der Waals surface area contributed by atoms with Crippen molar-refractivity contribution in [2.75, 3.05) is 18.0 Å². The number of hydrogen-bond acceptors (Lipinski definition) is 6. The molecule has 2 aliphatic heterocycles. The van der Waals surface area contributed by atoms with E-state index in [1.54, 1.807) is 25.1 Å². The molecule has 0 aliphatic carbocycles. The highest BCUT2D eigenvalue weighted by Gasteiger charge is 2.30. The molecule has 7 heteroatoms. The number of carbonyl (C=O) groups excluding carboxylic acids is 1. The Labute approximate surface area is 200 Å². The summed E-state index contributed by atoms with van der Waals surface area (Å²) in [5.41, 5.74) is 3.65. The summed E-state index contributed by atoms with van der Waals surface area (Å²) in [7, 11) is 0. The SMILES string of the molecule is CC(=O)N1c2ccc(/C(C=N)=C/NC3CCNCC3)c(Oc3ccccc3C#N)c2CC[C@@H]1C. The second-order valence-electron chi connectivity index (χ2n) is 8.86. The first kappa shape index (κ1) is 23.5. The third kappa shape index (κ3) is 4.82. The maximum absolute atomic E-state index is 12.5. The van der Waals surface area contributed by atoms with Gasteiger partial charge in [0.05, 0.1) is 11.3 Å². The van der Waals surface area contributed by atoms with Crippen molar-refractivity contribution in [3.8, 4) is 17.6 Å². The molecular weight excluding hydrogens is 426 g/mol. The van der Waals surface area contributed by atoms with Crippen molar-refractivity contribution in [1.82, 2.24) is 10.6 Å². The number of para-hydroxylation sites is 1. The minimum atomic E-state index is -0.0139. The van der Waals surface area contributed by atoms with E-state index in [-0.39, 0.29) is 11.9 Å². The van der Waals surface area contributed by atoms with Gasteiger partial charge in [-0.05, 0) is 70.0 Å². The van der Waals surface area contributed by atoms with Gasteiger partial charge in [0, 0.05) is 48.1 Å². The third-order valence-corrected chi connectivity index (χ3v) is 6.59. The van der Waals surface area contributed by atoms with Crippen LogP contribution in [0.3, 0.4) is 0 Å². The van der Waals surface area contributed by atoms with Gasteiger partial charge in [0.2, 0.25) is 5.91 Å². The molecule has 2 heterocycles. The highest BCUT2D eigenvalue weighted by atomic mass is 16.5. The molecule has 1 fully saturated rings. The van der Waals surface area contributed by atoms with Crippen molar-refractivity contribution in [3.63, 3.8) is 0 Å². The second-order valence-corrected chi connectivity index (χ2v) is 8.86. The minimum Gasteiger partial charge on any atom is -0.455 e. The number of anilines is 1. The number of amides is 1. The molecule has 0 bridgehead atoms. The van der Waals surface area contributed by atoms with Gasteiger partial charge in [0.25, 0.3) is 0 Å². The fraction of sp³-hybridized carbons (Fsp3) is 0.370. The van der Waals surface area contributed by atoms with E-state index in [4.69, 9.17) is 10.1 Å². The van der Waals surface area contributed by atoms with E-state index in [9.17, 15) is 10.1 Å². The number of ether oxygens (including phenoxy) is 1. The van der Waals surface area contributed by atoms with E-state index < -0.39 is 0 Å². The van der Waals surface area contributed by atoms with Crippen molar-refractivity contribution >= 4 is 23.4 Å². The summed E-state index contributed by atoms with van der Waals surface area (Å²) >= 11 is 0. The lowest BCUT2D eigenvalue weighted by molar-refractivity contribution is -0.117. The number of fused-ring (bicyclic) bond motifs is 1. The standard InChI is InChI=1S/C27H31N5O2/c1-18-7-8-24-25(32(18)19(2)33)10-9-23(21(16-29)17-31-22-11-13-30-14-12-22)27(24)34-26-6-4-3-5-20(26)15-28/h3-6,9-10,16-18,22,29-31H,7-8,11-14H2,1-2H3/b21-17+,29-16?/t18-/m0/s1. The molecule has 2 aliphatic rings. The number of nitriles is 1. The molecule has 2 aromatic carbocycles. The monoisotopic (exact) mass is 457 g/mol. The molecule has 0 radical (unpaired) electrons. The van der Waals surface area contributed by atoms with E-state index in [1.165, 1.54) is 6.21 Å². The van der Waals surface area contributed by atoms with Crippen LogP contribution in [-0.2, 0) is 11.2 Å². The lowest BCUT2D eigenvalue weighted by Crippen LogP contribution is -2.40. The van der Waals surface area contributed by atoms with Gasteiger partial charge in [-0.25, -0.2) is 0 Å². The van der Waals surface area contributed by atoms with Gasteiger partial charge < -0.3 is 25.7 Å². The largest absolute Gasteiger partial charge is 0.455 e. The zero-order valence-electron chi connectivity index (χ0n) is 19.7. The predicted molar refractivity (Wildman–Crippen MR) is 134 cm³/mol. The van der Waals surface area contributed by atoms with E-state index in [0.29, 0.717) is 28.7 Å². The third-order valence-electron chi connectivity index (χ3n) is 6.59. The first-order chi connectivity index (χ1) is 16.5. The Morgan fingerprint density at radius 2 is 2.00 bits per heavy atom. The molecule has 4 rings (SSSR count). The Kier molecular flexibility index (Phi) is 7.29. The molecule has 1 atom stereocenters. The van der Waals surface area contributed by atoms with Gasteiger partial charge in [-0.15, -0.1) is 0 Å². The van der Waals surface area contributed by atoms with E-state index in [2.05, 4.69) is 23.6 Å². The van der Waals surface area contributed by atoms with Crippen LogP contribution in [0.2, 0.25) is 0 Å². The van der Waals surface area contributed by atoms with Crippen LogP contribution >= 0.6 is 0 Å². The van der Waals surface area contributed by atoms with Crippen LogP contribution in [0.15, 0.2) is 42.6 Å². The average molecular weight is 458 g/mol. The molecule has 176 valence electrons. The average Bonchev–Trinajstić information content (AvgIpc) is 2.85. The topological polar surface area (TPSA) is 101 Å². The number of carbonyl (C=O) groups is 1. The highest BCUT2D eigenvalue weighted by Crippen LogP contribution is 2.43. The zero-order valence-corrected chi connectivity index (χ0v) is 19.7. The van der Waals surface area contributed by atoms with Crippen molar-refractivity contribution in [2.45, 2.75) is 51.6 Å². The number of rotatable bonds is 6. The van der Waals surface area contributed by atoms with Crippen molar-refractivity contribution < 1.29 is 9.53 Å². The maximum atomic E-state index is 12.5. The number of hydrogen-bond donors (Lipinski definition) is 3. The number of nitrogens with one attached hydrogen (secondary N) is 3. The normalized spacial score (nSPS) is 18.6. The summed E-state index contributed by atoms with van der Waals surface area (Å²) in [5.74, 6) is 1.04. The lowest BCUT2D eigenvalue weighted by atomic mass is 9.91. The lowest BCUT2D eigenvalue weighted by Gasteiger charge is -2.36. The Hall–Kier alpha value is -3.63. The fourth-order valence-electron chi connectivity index (χ4n) is 4.78. The first-order valence-electron chi connectivity index (χ1n) is 11.8. The minimum absolute atomic E-state index is 0.0139. The Bertz CT molecular complexity index is 1140. The molecule has 0 aromatic heterocycles. The van der Waals surface area contributed by atoms with Gasteiger partial charge in [-0.1, -0.05) is 12.1 Å². The molecular formula is C27H31N5O2. The summed E-state index contributed by atoms with van der Waals surface area (Å²) in [6.07, 6.45) is 6.82. The van der Waals surface area contributed by atoms with Crippen LogP contribution in [0.25, 0.3) is 5.57 Å². The quantitative estimate of drug-likeness (QED) is 0.559. The molecule has 3 N–H and O–H groups in total. The van der Waals surface area contributed by atoms with Gasteiger partial charge >= 0.3 is 0 Å². The van der Waals surface area contributed by atoms with Crippen molar-refractivity contribution in [2.24, 2.45) is 0 Å². The summed E-state index contributed by atoms with van der Waals surface area (Å²) in [4.78, 5) is 14.3. The van der Waals surface area contributed by atoms with E-state index in [1.807, 2.05) is 29.3 Å². The van der Waals surface area contributed by atoms with Crippen LogP contribution in [0.1, 0.15) is 49.8 Å². The Morgan fingerprint density at radius 1 is 1.24 bits per heavy atom. The molecule has 0 unspecified atom stereocenters. The maximum Gasteiger partial charge on any atom is 0.224 e. The number of allylic oxidation sites excluding steroid dienone is 1. The van der Waals surface area contributed by atoms with Crippen LogP contribution in [0.5, 0.6) is 11.5 Å². The van der Waals surface area contributed by atoms with Gasteiger partial charge in [-0.2, -0.15) is 5.26 Å². The summed E-state index contributed by atoms with van der Waals surface area (Å²) in [6, 6.07) is 13.6. The van der Waals surface area contributed by atoms with Gasteiger partial charge in [0.1, 0.15) is 17.6 Å². The molecule has 1 amide bonds. The molecule has 34 heavy (non-hydrogen) atoms. The van der Waals surface area contributed by atoms with Crippen LogP contribution in [0.4, 0.5) is 5.69 Å². The smallest absolute Gasteiger partial charge is 0.224 e. The van der Waals surface area contributed by atoms with Crippen LogP contribution < -0.4 is 20.3 Å². The van der Waals surface area contributed by atoms with Crippen molar-refractivity contribution in [3.05, 3.63) is 59.3 Å². The van der Waals surface area contributed by atoms with Gasteiger partial charge in [0.15, 0.2) is 0 Å². The summed E-state index contributed by atoms with van der Waals surface area (Å²) in [6.45, 7) is 5.58. The number of nitrogens with zero attached hydrogens (tertiary/aromatic N) is 2. The zero-order chi connectivity index (χ0) is 24.1. The van der Waals surface area contributed by atoms with Gasteiger partial charge in [-0.3, -0.25) is 4.79 Å². The highest BCUT2D eigenvalue weighted by molar-refractivity contribution is 6.10. The molecule has 2 aromatic rings.